The number of hydrogen-bond donors (Lipinski definition) is 3. The number of hydrogen-bond acceptors (Lipinski definition) is 4. The molecule has 10 heteroatoms. The van der Waals surface area contributed by atoms with Crippen LogP contribution in [0.3, 0.4) is 0 Å². The molecule has 0 bridgehead atoms. The molecule has 0 radical (unpaired) electrons. The number of rotatable bonds is 10. The number of benzene rings is 3. The third-order valence-electron chi connectivity index (χ3n) is 7.94. The third kappa shape index (κ3) is 7.30. The molecule has 1 aliphatic heterocycles. The minimum atomic E-state index is -3.89. The van der Waals surface area contributed by atoms with Crippen molar-refractivity contribution in [2.45, 2.75) is 62.9 Å². The number of halogens is 2. The highest BCUT2D eigenvalue weighted by molar-refractivity contribution is 7.89. The minimum Gasteiger partial charge on any atom is -0.481 e. The average Bonchev–Trinajstić information content (AvgIpc) is 2.89. The van der Waals surface area contributed by atoms with Gasteiger partial charge in [-0.15, -0.1) is 0 Å². The van der Waals surface area contributed by atoms with Crippen molar-refractivity contribution >= 4 is 45.1 Å². The van der Waals surface area contributed by atoms with Crippen molar-refractivity contribution < 1.29 is 23.1 Å². The zero-order valence-electron chi connectivity index (χ0n) is 23.1. The molecule has 1 unspecified atom stereocenters. The van der Waals surface area contributed by atoms with Gasteiger partial charge in [0.15, 0.2) is 0 Å². The molecule has 3 N–H and O–H groups in total. The molecule has 41 heavy (non-hydrogen) atoms. The molecule has 0 aromatic heterocycles. The summed E-state index contributed by atoms with van der Waals surface area (Å²) in [5.74, 6) is -1.85. The van der Waals surface area contributed by atoms with Crippen LogP contribution in [-0.4, -0.2) is 31.4 Å². The molecule has 5 atom stereocenters. The molecule has 1 amide bonds. The molecular weight excluding hydrogens is 583 g/mol. The number of aryl methyl sites for hydroxylation is 1. The van der Waals surface area contributed by atoms with Crippen LogP contribution in [0.25, 0.3) is 0 Å². The second-order valence-electron chi connectivity index (χ2n) is 11.2. The second-order valence-corrected chi connectivity index (χ2v) is 13.8. The van der Waals surface area contributed by atoms with Crippen molar-refractivity contribution in [3.05, 3.63) is 99.5 Å². The number of aliphatic carboxylic acids is 1. The number of carboxylic acids is 1. The highest BCUT2D eigenvalue weighted by atomic mass is 35.5. The molecule has 3 aromatic rings. The van der Waals surface area contributed by atoms with Crippen molar-refractivity contribution in [2.24, 2.45) is 11.3 Å². The monoisotopic (exact) mass is 616 g/mol. The Bertz CT molecular complexity index is 1530. The highest BCUT2D eigenvalue weighted by Gasteiger charge is 2.47. The lowest BCUT2D eigenvalue weighted by atomic mass is 9.67. The normalized spacial score (nSPS) is 22.5. The van der Waals surface area contributed by atoms with Crippen molar-refractivity contribution in [1.29, 1.82) is 0 Å². The molecule has 0 saturated carbocycles. The van der Waals surface area contributed by atoms with Crippen LogP contribution in [-0.2, 0) is 19.6 Å². The Kier molecular flexibility index (Phi) is 9.49. The maximum Gasteiger partial charge on any atom is 0.304 e. The van der Waals surface area contributed by atoms with Crippen LogP contribution >= 0.6 is 23.2 Å². The van der Waals surface area contributed by atoms with E-state index in [0.29, 0.717) is 28.5 Å². The smallest absolute Gasteiger partial charge is 0.304 e. The third-order valence-corrected chi connectivity index (χ3v) is 10.1. The van der Waals surface area contributed by atoms with Crippen molar-refractivity contribution in [3.63, 3.8) is 0 Å². The highest BCUT2D eigenvalue weighted by Crippen LogP contribution is 2.44. The molecule has 3 aromatic carbocycles. The maximum absolute atomic E-state index is 13.5. The summed E-state index contributed by atoms with van der Waals surface area (Å²) in [5.41, 5.74) is 1.13. The lowest BCUT2D eigenvalue weighted by Gasteiger charge is -2.45. The number of carbonyl (C=O) groups excluding carboxylic acids is 1. The van der Waals surface area contributed by atoms with Gasteiger partial charge >= 0.3 is 5.97 Å². The van der Waals surface area contributed by atoms with Crippen LogP contribution in [0.4, 0.5) is 0 Å². The van der Waals surface area contributed by atoms with E-state index in [1.807, 2.05) is 25.1 Å². The van der Waals surface area contributed by atoms with E-state index in [1.54, 1.807) is 68.4 Å². The van der Waals surface area contributed by atoms with Gasteiger partial charge < -0.3 is 10.4 Å². The number of piperidine rings is 1. The Morgan fingerprint density at radius 1 is 1.07 bits per heavy atom. The molecule has 218 valence electrons. The van der Waals surface area contributed by atoms with Crippen LogP contribution < -0.4 is 10.0 Å². The SMILES string of the molecule is Cc1ccccc1S(=O)(=O)N[C@@H](CC(C)[C@@H]1NC(=O)[C@](C)(CC(=O)O)C[C@@H]1c1cccc(Cl)c1)c1ccc(Cl)cc1. The van der Waals surface area contributed by atoms with Crippen LogP contribution in [0.15, 0.2) is 77.7 Å². The van der Waals surface area contributed by atoms with Gasteiger partial charge in [-0.05, 0) is 72.7 Å². The Balaban J connectivity index is 1.69. The van der Waals surface area contributed by atoms with E-state index >= 15 is 0 Å². The summed E-state index contributed by atoms with van der Waals surface area (Å²) in [6, 6.07) is 20.1. The number of sulfonamides is 1. The van der Waals surface area contributed by atoms with Gasteiger partial charge in [-0.3, -0.25) is 9.59 Å². The van der Waals surface area contributed by atoms with E-state index < -0.39 is 33.5 Å². The number of carbonyl (C=O) groups is 2. The van der Waals surface area contributed by atoms with E-state index in [9.17, 15) is 23.1 Å². The van der Waals surface area contributed by atoms with Crippen molar-refractivity contribution in [1.82, 2.24) is 10.0 Å². The van der Waals surface area contributed by atoms with Gasteiger partial charge in [-0.25, -0.2) is 13.1 Å². The van der Waals surface area contributed by atoms with Crippen LogP contribution in [0.2, 0.25) is 10.0 Å². The fraction of sp³-hybridized carbons (Fsp3) is 0.355. The van der Waals surface area contributed by atoms with Gasteiger partial charge in [0, 0.05) is 28.0 Å². The number of carboxylic acid groups (broad SMARTS) is 1. The Labute approximate surface area is 251 Å². The Hall–Kier alpha value is -2.91. The molecule has 1 fully saturated rings. The quantitative estimate of drug-likeness (QED) is 0.241. The van der Waals surface area contributed by atoms with Crippen molar-refractivity contribution in [2.75, 3.05) is 0 Å². The van der Waals surface area contributed by atoms with E-state index in [4.69, 9.17) is 23.2 Å². The predicted molar refractivity (Wildman–Crippen MR) is 161 cm³/mol. The first-order valence-electron chi connectivity index (χ1n) is 13.4. The van der Waals surface area contributed by atoms with Gasteiger partial charge in [0.25, 0.3) is 0 Å². The van der Waals surface area contributed by atoms with Gasteiger partial charge in [-0.1, -0.05) is 79.5 Å². The molecule has 0 spiro atoms. The maximum atomic E-state index is 13.5. The van der Waals surface area contributed by atoms with Gasteiger partial charge in [0.2, 0.25) is 15.9 Å². The van der Waals surface area contributed by atoms with E-state index in [0.717, 1.165) is 11.1 Å². The standard InChI is InChI=1S/C31H34Cl2N2O5S/c1-19-7-4-5-10-27(19)41(39,40)35-26(21-11-13-23(32)14-12-21)15-20(2)29-25(22-8-6-9-24(33)16-22)17-31(3,18-28(36)37)30(38)34-29/h4-14,16,20,25-26,29,35H,15,17-18H2,1-3H3,(H,34,38)(H,36,37)/t20?,25-,26+,29+,31+/m1/s1. The van der Waals surface area contributed by atoms with E-state index in [2.05, 4.69) is 10.0 Å². The topological polar surface area (TPSA) is 113 Å². The molecular formula is C31H34Cl2N2O5S. The average molecular weight is 618 g/mol. The molecule has 0 aliphatic carbocycles. The molecule has 1 saturated heterocycles. The Morgan fingerprint density at radius 3 is 2.39 bits per heavy atom. The molecule has 1 aliphatic rings. The molecule has 4 rings (SSSR count). The van der Waals surface area contributed by atoms with Gasteiger partial charge in [-0.2, -0.15) is 0 Å². The minimum absolute atomic E-state index is 0.193. The van der Waals surface area contributed by atoms with Gasteiger partial charge in [0.05, 0.1) is 16.7 Å². The summed E-state index contributed by atoms with van der Waals surface area (Å²) >= 11 is 12.5. The fourth-order valence-corrected chi connectivity index (χ4v) is 7.60. The van der Waals surface area contributed by atoms with Crippen LogP contribution in [0.5, 0.6) is 0 Å². The molecule has 1 heterocycles. The predicted octanol–water partition coefficient (Wildman–Crippen LogP) is 6.50. The van der Waals surface area contributed by atoms with Gasteiger partial charge in [0.1, 0.15) is 0 Å². The Morgan fingerprint density at radius 2 is 1.76 bits per heavy atom. The van der Waals surface area contributed by atoms with Crippen LogP contribution in [0, 0.1) is 18.3 Å². The molecule has 7 nitrogen and oxygen atoms in total. The number of nitrogens with one attached hydrogen (secondary N) is 2. The lowest BCUT2D eigenvalue weighted by Crippen LogP contribution is -2.56. The number of amides is 1. The summed E-state index contributed by atoms with van der Waals surface area (Å²) in [5, 5.41) is 13.7. The first-order chi connectivity index (χ1) is 19.3. The van der Waals surface area contributed by atoms with E-state index in [1.165, 1.54) is 0 Å². The summed E-state index contributed by atoms with van der Waals surface area (Å²) in [6.45, 7) is 5.38. The first kappa shape index (κ1) is 31.0. The summed E-state index contributed by atoms with van der Waals surface area (Å²) in [7, 11) is -3.89. The second kappa shape index (κ2) is 12.5. The zero-order chi connectivity index (χ0) is 29.9. The van der Waals surface area contributed by atoms with E-state index in [-0.39, 0.29) is 29.1 Å². The summed E-state index contributed by atoms with van der Waals surface area (Å²) in [6.07, 6.45) is 0.353. The summed E-state index contributed by atoms with van der Waals surface area (Å²) in [4.78, 5) is 25.2. The first-order valence-corrected chi connectivity index (χ1v) is 15.6. The van der Waals surface area contributed by atoms with Crippen LogP contribution in [0.1, 0.15) is 61.8 Å². The lowest BCUT2D eigenvalue weighted by molar-refractivity contribution is -0.147. The summed E-state index contributed by atoms with van der Waals surface area (Å²) < 4.78 is 30.0. The van der Waals surface area contributed by atoms with Crippen molar-refractivity contribution in [3.8, 4) is 0 Å². The zero-order valence-corrected chi connectivity index (χ0v) is 25.4. The fourth-order valence-electron chi connectivity index (χ4n) is 5.79. The largest absolute Gasteiger partial charge is 0.481 e.